The topological polar surface area (TPSA) is 97.0 Å². The van der Waals surface area contributed by atoms with Crippen molar-refractivity contribution >= 4 is 17.8 Å². The Balaban J connectivity index is 1.64. The van der Waals surface area contributed by atoms with Gasteiger partial charge in [-0.2, -0.15) is 0 Å². The van der Waals surface area contributed by atoms with Crippen LogP contribution in [0.25, 0.3) is 0 Å². The molecule has 2 aromatic carbocycles. The van der Waals surface area contributed by atoms with Crippen LogP contribution in [0.3, 0.4) is 0 Å². The highest BCUT2D eigenvalue weighted by molar-refractivity contribution is 6.09. The summed E-state index contributed by atoms with van der Waals surface area (Å²) in [6.07, 6.45) is 0. The quantitative estimate of drug-likeness (QED) is 0.465. The number of nitrogens with one attached hydrogen (secondary N) is 2. The van der Waals surface area contributed by atoms with Crippen LogP contribution in [0.2, 0.25) is 0 Å². The SMILES string of the molecule is C=C(C)COc1ccc(C2(C)NC(=O)N(CC(=O)NCc3ccccc3OC)C2=O)cc1. The van der Waals surface area contributed by atoms with E-state index in [9.17, 15) is 14.4 Å². The van der Waals surface area contributed by atoms with Crippen LogP contribution >= 0.6 is 0 Å². The van der Waals surface area contributed by atoms with Gasteiger partial charge in [-0.15, -0.1) is 0 Å². The average Bonchev–Trinajstić information content (AvgIpc) is 3.00. The Morgan fingerprint density at radius 3 is 2.50 bits per heavy atom. The molecule has 3 rings (SSSR count). The second-order valence-corrected chi connectivity index (χ2v) is 7.81. The fourth-order valence-electron chi connectivity index (χ4n) is 3.37. The summed E-state index contributed by atoms with van der Waals surface area (Å²) in [6, 6.07) is 13.6. The van der Waals surface area contributed by atoms with Gasteiger partial charge in [-0.05, 0) is 43.2 Å². The zero-order valence-electron chi connectivity index (χ0n) is 18.4. The number of hydrogen-bond acceptors (Lipinski definition) is 5. The van der Waals surface area contributed by atoms with E-state index in [1.165, 1.54) is 0 Å². The molecule has 8 heteroatoms. The largest absolute Gasteiger partial charge is 0.496 e. The van der Waals surface area contributed by atoms with Gasteiger partial charge in [0.25, 0.3) is 5.91 Å². The summed E-state index contributed by atoms with van der Waals surface area (Å²) in [4.78, 5) is 38.9. The van der Waals surface area contributed by atoms with E-state index in [0.29, 0.717) is 23.7 Å². The Bertz CT molecular complexity index is 1030. The van der Waals surface area contributed by atoms with E-state index in [1.54, 1.807) is 44.4 Å². The number of nitrogens with zero attached hydrogens (tertiary/aromatic N) is 1. The molecule has 0 aliphatic carbocycles. The van der Waals surface area contributed by atoms with E-state index in [4.69, 9.17) is 9.47 Å². The number of hydrogen-bond donors (Lipinski definition) is 2. The van der Waals surface area contributed by atoms with E-state index in [-0.39, 0.29) is 13.1 Å². The summed E-state index contributed by atoms with van der Waals surface area (Å²) in [7, 11) is 1.55. The number of rotatable bonds is 9. The van der Waals surface area contributed by atoms with E-state index in [2.05, 4.69) is 17.2 Å². The van der Waals surface area contributed by atoms with Crippen molar-refractivity contribution < 1.29 is 23.9 Å². The molecule has 0 radical (unpaired) electrons. The standard InChI is InChI=1S/C24H27N3O5/c1-16(2)15-32-19-11-9-18(10-12-19)24(3)22(29)27(23(30)26-24)14-21(28)25-13-17-7-5-6-8-20(17)31-4/h5-12H,1,13-15H2,2-4H3,(H,25,28)(H,26,30). The zero-order valence-corrected chi connectivity index (χ0v) is 18.4. The van der Waals surface area contributed by atoms with Crippen molar-refractivity contribution in [2.45, 2.75) is 25.9 Å². The third-order valence-electron chi connectivity index (χ3n) is 5.16. The minimum atomic E-state index is -1.27. The van der Waals surface area contributed by atoms with Crippen LogP contribution in [0.1, 0.15) is 25.0 Å². The van der Waals surface area contributed by atoms with Crippen LogP contribution in [0.4, 0.5) is 4.79 Å². The van der Waals surface area contributed by atoms with E-state index in [0.717, 1.165) is 16.0 Å². The normalized spacial score (nSPS) is 17.7. The number of amides is 4. The van der Waals surface area contributed by atoms with Gasteiger partial charge in [0.2, 0.25) is 5.91 Å². The molecule has 8 nitrogen and oxygen atoms in total. The molecular formula is C24H27N3O5. The number of carbonyl (C=O) groups is 3. The summed E-state index contributed by atoms with van der Waals surface area (Å²) in [5, 5.41) is 5.42. The van der Waals surface area contributed by atoms with Crippen LogP contribution in [0, 0.1) is 0 Å². The second kappa shape index (κ2) is 9.55. The number of methoxy groups -OCH3 is 1. The predicted molar refractivity (Wildman–Crippen MR) is 119 cm³/mol. The van der Waals surface area contributed by atoms with Crippen molar-refractivity contribution in [2.75, 3.05) is 20.3 Å². The third kappa shape index (κ3) is 4.91. The monoisotopic (exact) mass is 437 g/mol. The molecule has 1 fully saturated rings. The molecule has 1 aliphatic rings. The Labute approximate surface area is 187 Å². The molecular weight excluding hydrogens is 410 g/mol. The van der Waals surface area contributed by atoms with Gasteiger partial charge in [0.05, 0.1) is 7.11 Å². The summed E-state index contributed by atoms with van der Waals surface area (Å²) in [6.45, 7) is 7.50. The third-order valence-corrected chi connectivity index (χ3v) is 5.16. The highest BCUT2D eigenvalue weighted by atomic mass is 16.5. The molecule has 168 valence electrons. The maximum absolute atomic E-state index is 13.0. The van der Waals surface area contributed by atoms with Crippen molar-refractivity contribution in [2.24, 2.45) is 0 Å². The average molecular weight is 437 g/mol. The molecule has 0 bridgehead atoms. The predicted octanol–water partition coefficient (Wildman–Crippen LogP) is 2.73. The molecule has 2 aromatic rings. The van der Waals surface area contributed by atoms with Gasteiger partial charge < -0.3 is 20.1 Å². The maximum atomic E-state index is 13.0. The first-order chi connectivity index (χ1) is 15.2. The van der Waals surface area contributed by atoms with Crippen LogP contribution in [-0.4, -0.2) is 43.0 Å². The van der Waals surface area contributed by atoms with Gasteiger partial charge in [0.15, 0.2) is 0 Å². The second-order valence-electron chi connectivity index (χ2n) is 7.81. The Morgan fingerprint density at radius 1 is 1.16 bits per heavy atom. The van der Waals surface area contributed by atoms with Crippen LogP contribution in [0.15, 0.2) is 60.7 Å². The van der Waals surface area contributed by atoms with Gasteiger partial charge in [0, 0.05) is 12.1 Å². The van der Waals surface area contributed by atoms with Gasteiger partial charge in [-0.1, -0.05) is 36.9 Å². The Hall–Kier alpha value is -3.81. The fraction of sp³-hybridized carbons (Fsp3) is 0.292. The molecule has 0 saturated carbocycles. The van der Waals surface area contributed by atoms with E-state index in [1.807, 2.05) is 25.1 Å². The number of urea groups is 1. The molecule has 1 unspecified atom stereocenters. The minimum Gasteiger partial charge on any atom is -0.496 e. The lowest BCUT2D eigenvalue weighted by atomic mass is 9.92. The molecule has 0 aromatic heterocycles. The number of carbonyl (C=O) groups excluding carboxylic acids is 3. The molecule has 1 atom stereocenters. The maximum Gasteiger partial charge on any atom is 0.325 e. The Morgan fingerprint density at radius 2 is 1.84 bits per heavy atom. The summed E-state index contributed by atoms with van der Waals surface area (Å²) < 4.78 is 10.8. The first-order valence-electron chi connectivity index (χ1n) is 10.1. The molecule has 32 heavy (non-hydrogen) atoms. The molecule has 4 amide bonds. The molecule has 1 heterocycles. The summed E-state index contributed by atoms with van der Waals surface area (Å²) in [5.41, 5.74) is 1.00. The van der Waals surface area contributed by atoms with Crippen LogP contribution in [-0.2, 0) is 21.7 Å². The smallest absolute Gasteiger partial charge is 0.325 e. The lowest BCUT2D eigenvalue weighted by Crippen LogP contribution is -2.43. The van der Waals surface area contributed by atoms with Gasteiger partial charge in [-0.25, -0.2) is 4.79 Å². The minimum absolute atomic E-state index is 0.218. The highest BCUT2D eigenvalue weighted by Gasteiger charge is 2.49. The number of imide groups is 1. The van der Waals surface area contributed by atoms with Gasteiger partial charge >= 0.3 is 6.03 Å². The zero-order chi connectivity index (χ0) is 23.3. The van der Waals surface area contributed by atoms with Crippen LogP contribution in [0.5, 0.6) is 11.5 Å². The molecule has 1 aliphatic heterocycles. The van der Waals surface area contributed by atoms with Crippen molar-refractivity contribution in [1.29, 1.82) is 0 Å². The Kier molecular flexibility index (Phi) is 6.82. The van der Waals surface area contributed by atoms with Gasteiger partial charge in [0.1, 0.15) is 30.2 Å². The van der Waals surface area contributed by atoms with Crippen molar-refractivity contribution in [3.63, 3.8) is 0 Å². The molecule has 1 saturated heterocycles. The summed E-state index contributed by atoms with van der Waals surface area (Å²) >= 11 is 0. The number of benzene rings is 2. The first kappa shape index (κ1) is 22.9. The van der Waals surface area contributed by atoms with E-state index < -0.39 is 23.4 Å². The van der Waals surface area contributed by atoms with Crippen molar-refractivity contribution in [1.82, 2.24) is 15.5 Å². The van der Waals surface area contributed by atoms with Crippen molar-refractivity contribution in [3.8, 4) is 11.5 Å². The van der Waals surface area contributed by atoms with Crippen LogP contribution < -0.4 is 20.1 Å². The van der Waals surface area contributed by atoms with Crippen molar-refractivity contribution in [3.05, 3.63) is 71.8 Å². The highest BCUT2D eigenvalue weighted by Crippen LogP contribution is 2.30. The lowest BCUT2D eigenvalue weighted by Gasteiger charge is -2.22. The molecule has 0 spiro atoms. The fourth-order valence-corrected chi connectivity index (χ4v) is 3.37. The van der Waals surface area contributed by atoms with Gasteiger partial charge in [-0.3, -0.25) is 14.5 Å². The number of para-hydroxylation sites is 1. The lowest BCUT2D eigenvalue weighted by molar-refractivity contribution is -0.134. The molecule has 2 N–H and O–H groups in total. The number of ether oxygens (including phenoxy) is 2. The summed E-state index contributed by atoms with van der Waals surface area (Å²) in [5.74, 6) is 0.327. The van der Waals surface area contributed by atoms with E-state index >= 15 is 0 Å². The first-order valence-corrected chi connectivity index (χ1v) is 10.1.